The maximum absolute atomic E-state index is 11.1. The molecule has 0 spiro atoms. The minimum Gasteiger partial charge on any atom is -0.490 e. The van der Waals surface area contributed by atoms with Crippen LogP contribution in [0, 0.1) is 6.92 Å². The summed E-state index contributed by atoms with van der Waals surface area (Å²) >= 11 is 0. The normalized spacial score (nSPS) is 27.8. The van der Waals surface area contributed by atoms with Crippen molar-refractivity contribution < 1.29 is 14.6 Å². The molecule has 0 radical (unpaired) electrons. The fraction of sp³-hybridized carbons (Fsp3) is 0.500. The molecule has 1 aliphatic rings. The molecule has 3 N–H and O–H groups in total. The zero-order valence-electron chi connectivity index (χ0n) is 10.6. The second kappa shape index (κ2) is 4.98. The molecule has 4 heteroatoms. The Morgan fingerprint density at radius 1 is 1.56 bits per heavy atom. The molecule has 1 aromatic carbocycles. The smallest absolute Gasteiger partial charge is 0.323 e. The quantitative estimate of drug-likeness (QED) is 0.860. The Balaban J connectivity index is 2.04. The zero-order valence-corrected chi connectivity index (χ0v) is 10.6. The molecule has 1 fully saturated rings. The van der Waals surface area contributed by atoms with Gasteiger partial charge in [-0.05, 0) is 43.9 Å². The number of carbonyl (C=O) groups is 1. The molecule has 1 saturated carbocycles. The number of aryl methyl sites for hydroxylation is 1. The van der Waals surface area contributed by atoms with E-state index in [9.17, 15) is 4.79 Å². The van der Waals surface area contributed by atoms with Gasteiger partial charge in [0.2, 0.25) is 0 Å². The Kier molecular flexibility index (Phi) is 3.57. The van der Waals surface area contributed by atoms with Gasteiger partial charge >= 0.3 is 5.97 Å². The van der Waals surface area contributed by atoms with Gasteiger partial charge in [-0.3, -0.25) is 4.79 Å². The first-order chi connectivity index (χ1) is 8.49. The van der Waals surface area contributed by atoms with E-state index >= 15 is 0 Å². The zero-order chi connectivity index (χ0) is 13.2. The summed E-state index contributed by atoms with van der Waals surface area (Å²) in [5.41, 5.74) is 5.89. The van der Waals surface area contributed by atoms with Crippen molar-refractivity contribution in [3.05, 3.63) is 29.8 Å². The number of nitrogens with two attached hydrogens (primary N) is 1. The molecule has 0 aliphatic heterocycles. The van der Waals surface area contributed by atoms with Crippen molar-refractivity contribution in [1.82, 2.24) is 0 Å². The van der Waals surface area contributed by atoms with Gasteiger partial charge in [-0.15, -0.1) is 0 Å². The van der Waals surface area contributed by atoms with Gasteiger partial charge in [-0.1, -0.05) is 12.1 Å². The molecule has 0 heterocycles. The van der Waals surface area contributed by atoms with Crippen LogP contribution < -0.4 is 10.5 Å². The summed E-state index contributed by atoms with van der Waals surface area (Å²) in [6.07, 6.45) is 2.44. The number of carboxylic acids is 1. The van der Waals surface area contributed by atoms with E-state index in [4.69, 9.17) is 15.6 Å². The highest BCUT2D eigenvalue weighted by atomic mass is 16.5. The highest BCUT2D eigenvalue weighted by Crippen LogP contribution is 2.29. The Labute approximate surface area is 107 Å². The van der Waals surface area contributed by atoms with Gasteiger partial charge in [-0.25, -0.2) is 0 Å². The number of benzene rings is 1. The van der Waals surface area contributed by atoms with Crippen LogP contribution in [0.5, 0.6) is 5.75 Å². The third-order valence-electron chi connectivity index (χ3n) is 3.46. The summed E-state index contributed by atoms with van der Waals surface area (Å²) in [6.45, 7) is 2.00. The lowest BCUT2D eigenvalue weighted by Gasteiger charge is -2.34. The number of rotatable bonds is 3. The van der Waals surface area contributed by atoms with Crippen LogP contribution in [0.3, 0.4) is 0 Å². The van der Waals surface area contributed by atoms with Crippen LogP contribution in [0.1, 0.15) is 31.2 Å². The summed E-state index contributed by atoms with van der Waals surface area (Å²) in [6, 6.07) is 7.77. The Hall–Kier alpha value is -1.55. The number of aliphatic carboxylic acids is 1. The van der Waals surface area contributed by atoms with Crippen molar-refractivity contribution in [3.63, 3.8) is 0 Å². The van der Waals surface area contributed by atoms with E-state index in [2.05, 4.69) is 0 Å². The van der Waals surface area contributed by atoms with E-state index in [-0.39, 0.29) is 6.10 Å². The molecule has 1 aliphatic carbocycles. The maximum atomic E-state index is 11.1. The Morgan fingerprint density at radius 3 is 3.00 bits per heavy atom. The lowest BCUT2D eigenvalue weighted by atomic mass is 9.81. The molecule has 0 aromatic heterocycles. The Morgan fingerprint density at radius 2 is 2.33 bits per heavy atom. The van der Waals surface area contributed by atoms with Crippen molar-refractivity contribution in [2.75, 3.05) is 0 Å². The van der Waals surface area contributed by atoms with Gasteiger partial charge < -0.3 is 15.6 Å². The van der Waals surface area contributed by atoms with Crippen molar-refractivity contribution in [2.24, 2.45) is 5.73 Å². The van der Waals surface area contributed by atoms with Gasteiger partial charge in [0, 0.05) is 6.42 Å². The van der Waals surface area contributed by atoms with Gasteiger partial charge in [0.1, 0.15) is 17.4 Å². The lowest BCUT2D eigenvalue weighted by Crippen LogP contribution is -2.53. The van der Waals surface area contributed by atoms with Crippen LogP contribution >= 0.6 is 0 Å². The van der Waals surface area contributed by atoms with Gasteiger partial charge in [0.25, 0.3) is 0 Å². The minimum absolute atomic E-state index is 0.110. The second-order valence-electron chi connectivity index (χ2n) is 5.11. The highest BCUT2D eigenvalue weighted by Gasteiger charge is 2.40. The predicted molar refractivity (Wildman–Crippen MR) is 68.6 cm³/mol. The van der Waals surface area contributed by atoms with E-state index in [0.29, 0.717) is 12.8 Å². The number of hydrogen-bond donors (Lipinski definition) is 2. The predicted octanol–water partition coefficient (Wildman–Crippen LogP) is 2.10. The molecule has 2 atom stereocenters. The van der Waals surface area contributed by atoms with Crippen LogP contribution in [0.2, 0.25) is 0 Å². The van der Waals surface area contributed by atoms with Crippen LogP contribution in [0.4, 0.5) is 0 Å². The van der Waals surface area contributed by atoms with Crippen LogP contribution in [-0.2, 0) is 4.79 Å². The summed E-state index contributed by atoms with van der Waals surface area (Å²) < 4.78 is 5.84. The van der Waals surface area contributed by atoms with Gasteiger partial charge in [-0.2, -0.15) is 0 Å². The molecule has 4 nitrogen and oxygen atoms in total. The van der Waals surface area contributed by atoms with Crippen molar-refractivity contribution in [3.8, 4) is 5.75 Å². The van der Waals surface area contributed by atoms with E-state index in [1.807, 2.05) is 31.2 Å². The van der Waals surface area contributed by atoms with Crippen LogP contribution in [-0.4, -0.2) is 22.7 Å². The molecule has 1 aromatic rings. The van der Waals surface area contributed by atoms with Gasteiger partial charge in [0.05, 0.1) is 0 Å². The molecule has 0 saturated heterocycles. The third-order valence-corrected chi connectivity index (χ3v) is 3.46. The Bertz CT molecular complexity index is 446. The summed E-state index contributed by atoms with van der Waals surface area (Å²) in [5, 5.41) is 9.14. The van der Waals surface area contributed by atoms with Crippen LogP contribution in [0.15, 0.2) is 24.3 Å². The molecule has 0 amide bonds. The standard InChI is InChI=1S/C14H19NO3/c1-10-4-2-5-11(8-10)18-12-6-3-7-14(15,9-12)13(16)17/h2,4-5,8,12H,3,6-7,9,15H2,1H3,(H,16,17). The molecule has 2 unspecified atom stereocenters. The second-order valence-corrected chi connectivity index (χ2v) is 5.11. The lowest BCUT2D eigenvalue weighted by molar-refractivity contribution is -0.145. The fourth-order valence-electron chi connectivity index (χ4n) is 2.43. The number of ether oxygens (including phenoxy) is 1. The molecular weight excluding hydrogens is 230 g/mol. The van der Waals surface area contributed by atoms with E-state index in [1.165, 1.54) is 0 Å². The topological polar surface area (TPSA) is 72.5 Å². The SMILES string of the molecule is Cc1cccc(OC2CCCC(N)(C(=O)O)C2)c1. The van der Waals surface area contributed by atoms with Crippen molar-refractivity contribution >= 4 is 5.97 Å². The summed E-state index contributed by atoms with van der Waals surface area (Å²) in [7, 11) is 0. The number of hydrogen-bond acceptors (Lipinski definition) is 3. The average molecular weight is 249 g/mol. The van der Waals surface area contributed by atoms with E-state index < -0.39 is 11.5 Å². The fourth-order valence-corrected chi connectivity index (χ4v) is 2.43. The minimum atomic E-state index is -1.13. The first-order valence-corrected chi connectivity index (χ1v) is 6.25. The monoisotopic (exact) mass is 249 g/mol. The number of carboxylic acid groups (broad SMARTS) is 1. The van der Waals surface area contributed by atoms with E-state index in [1.54, 1.807) is 0 Å². The van der Waals surface area contributed by atoms with Crippen molar-refractivity contribution in [2.45, 2.75) is 44.2 Å². The molecule has 2 rings (SSSR count). The molecule has 18 heavy (non-hydrogen) atoms. The first-order valence-electron chi connectivity index (χ1n) is 6.25. The van der Waals surface area contributed by atoms with Gasteiger partial charge in [0.15, 0.2) is 0 Å². The average Bonchev–Trinajstić information content (AvgIpc) is 2.29. The largest absolute Gasteiger partial charge is 0.490 e. The van der Waals surface area contributed by atoms with Crippen molar-refractivity contribution in [1.29, 1.82) is 0 Å². The summed E-state index contributed by atoms with van der Waals surface area (Å²) in [5.74, 6) is -0.144. The third kappa shape index (κ3) is 2.82. The molecular formula is C14H19NO3. The maximum Gasteiger partial charge on any atom is 0.323 e. The first kappa shape index (κ1) is 12.9. The molecule has 98 valence electrons. The van der Waals surface area contributed by atoms with Crippen LogP contribution in [0.25, 0.3) is 0 Å². The molecule has 0 bridgehead atoms. The highest BCUT2D eigenvalue weighted by molar-refractivity contribution is 5.78. The summed E-state index contributed by atoms with van der Waals surface area (Å²) in [4.78, 5) is 11.1. The van der Waals surface area contributed by atoms with E-state index in [0.717, 1.165) is 24.2 Å².